The van der Waals surface area contributed by atoms with Gasteiger partial charge in [-0.15, -0.1) is 0 Å². The molecule has 5 N–H and O–H groups in total. The number of esters is 5. The summed E-state index contributed by atoms with van der Waals surface area (Å²) in [5, 5.41) is 10.6. The van der Waals surface area contributed by atoms with Crippen molar-refractivity contribution < 1.29 is 94.3 Å². The number of carbonyl (C=O) groups is 5. The van der Waals surface area contributed by atoms with Crippen LogP contribution in [0.25, 0.3) is 11.2 Å². The number of fused-ring (bicyclic) bond motifs is 1. The van der Waals surface area contributed by atoms with Crippen molar-refractivity contribution >= 4 is 73.2 Å². The van der Waals surface area contributed by atoms with E-state index in [0.29, 0.717) is 0 Å². The van der Waals surface area contributed by atoms with Crippen LogP contribution < -0.4 is 5.73 Å². The minimum Gasteiger partial charge on any atom is -0.462 e. The third kappa shape index (κ3) is 11.4. The molecule has 0 spiro atoms. The van der Waals surface area contributed by atoms with Crippen molar-refractivity contribution in [2.45, 2.75) is 96.0 Å². The topological polar surface area (TPSA) is 325 Å². The van der Waals surface area contributed by atoms with E-state index in [4.69, 9.17) is 64.1 Å². The highest BCUT2D eigenvalue weighted by Crippen LogP contribution is 2.62. The molecule has 24 nitrogen and oxygen atoms in total. The molecular weight excluding hydrogens is 811 g/mol. The molecule has 0 bridgehead atoms. The Labute approximate surface area is 314 Å². The first-order chi connectivity index (χ1) is 25.6. The number of hydrogen-bond acceptors (Lipinski definition) is 22. The average Bonchev–Trinajstić information content (AvgIpc) is 3.60. The molecule has 2 saturated heterocycles. The van der Waals surface area contributed by atoms with Crippen molar-refractivity contribution in [1.82, 2.24) is 19.5 Å². The number of rotatable bonds is 15. The second kappa shape index (κ2) is 18.0. The molecule has 4 heterocycles. The monoisotopic (exact) mass is 847 g/mol. The van der Waals surface area contributed by atoms with E-state index >= 15 is 4.39 Å². The van der Waals surface area contributed by atoms with Gasteiger partial charge in [-0.1, -0.05) is 0 Å². The van der Waals surface area contributed by atoms with Gasteiger partial charge < -0.3 is 58.3 Å². The Morgan fingerprint density at radius 3 is 2.16 bits per heavy atom. The number of hydrogen-bond donors (Lipinski definition) is 4. The summed E-state index contributed by atoms with van der Waals surface area (Å²) in [6.45, 7) is -2.03. The van der Waals surface area contributed by atoms with E-state index < -0.39 is 119 Å². The normalized spacial score (nSPS) is 29.3. The predicted octanol–water partition coefficient (Wildman–Crippen LogP) is -0.613. The largest absolute Gasteiger partial charge is 0.481 e. The number of nitrogens with two attached hydrogens (primary N) is 1. The SMILES string of the molecule is CC(=O)OC[C@@H](OC(C)=O)C1O[C@@H](OP(=O)(O)OP(O)(=S)OC[C@H]2O[C@@H](n3cnc4c(N)ncnc43)[C@@H](O)[C@H]2F)C(OC(C)=O)C(OC(C)=O)[C@@H]1OC(C)=O. The Bertz CT molecular complexity index is 1870. The first-order valence-electron chi connectivity index (χ1n) is 15.7. The number of carbonyl (C=O) groups excluding carboxylic acids is 5. The molecule has 306 valence electrons. The Balaban J connectivity index is 1.57. The molecule has 0 aromatic carbocycles. The van der Waals surface area contributed by atoms with Crippen LogP contribution in [0.5, 0.6) is 0 Å². The molecule has 4 rings (SSSR count). The van der Waals surface area contributed by atoms with Crippen LogP contribution in [0.1, 0.15) is 40.8 Å². The quantitative estimate of drug-likeness (QED) is 0.0986. The predicted molar refractivity (Wildman–Crippen MR) is 177 cm³/mol. The summed E-state index contributed by atoms with van der Waals surface area (Å²) in [5.74, 6) is -5.08. The highest BCUT2D eigenvalue weighted by Gasteiger charge is 2.57. The zero-order valence-corrected chi connectivity index (χ0v) is 31.9. The lowest BCUT2D eigenvalue weighted by atomic mass is 9.94. The van der Waals surface area contributed by atoms with Gasteiger partial charge in [-0.05, 0) is 11.8 Å². The number of phosphoric ester groups is 1. The Morgan fingerprint density at radius 2 is 1.56 bits per heavy atom. The maximum atomic E-state index is 15.2. The highest BCUT2D eigenvalue weighted by atomic mass is 32.5. The molecule has 2 fully saturated rings. The minimum absolute atomic E-state index is 0.00710. The summed E-state index contributed by atoms with van der Waals surface area (Å²) in [4.78, 5) is 93.5. The zero-order chi connectivity index (χ0) is 41.0. The molecule has 55 heavy (non-hydrogen) atoms. The average molecular weight is 848 g/mol. The van der Waals surface area contributed by atoms with E-state index in [1.54, 1.807) is 0 Å². The number of imidazole rings is 1. The molecule has 5 unspecified atom stereocenters. The first kappa shape index (κ1) is 43.9. The van der Waals surface area contributed by atoms with E-state index in [9.17, 15) is 43.4 Å². The van der Waals surface area contributed by atoms with Crippen molar-refractivity contribution in [3.05, 3.63) is 12.7 Å². The third-order valence-corrected chi connectivity index (χ3v) is 10.9. The van der Waals surface area contributed by atoms with Crippen LogP contribution >= 0.6 is 14.5 Å². The lowest BCUT2D eigenvalue weighted by Crippen LogP contribution is -2.65. The van der Waals surface area contributed by atoms with Crippen LogP contribution in [0.4, 0.5) is 10.2 Å². The van der Waals surface area contributed by atoms with Gasteiger partial charge in [-0.3, -0.25) is 33.1 Å². The fraction of sp³-hybridized carbons (Fsp3) is 0.630. The van der Waals surface area contributed by atoms with Crippen molar-refractivity contribution in [1.29, 1.82) is 0 Å². The second-order valence-corrected chi connectivity index (χ2v) is 16.0. The summed E-state index contributed by atoms with van der Waals surface area (Å²) in [5.41, 5.74) is 5.98. The number of ether oxygens (including phenoxy) is 7. The van der Waals surface area contributed by atoms with Gasteiger partial charge in [0, 0.05) is 34.6 Å². The number of nitrogen functional groups attached to an aromatic ring is 1. The number of anilines is 1. The molecule has 0 radical (unpaired) electrons. The number of aromatic nitrogens is 4. The van der Waals surface area contributed by atoms with Gasteiger partial charge in [0.1, 0.15) is 36.8 Å². The van der Waals surface area contributed by atoms with Gasteiger partial charge in [-0.25, -0.2) is 28.2 Å². The minimum atomic E-state index is -5.77. The van der Waals surface area contributed by atoms with Crippen molar-refractivity contribution in [2.24, 2.45) is 0 Å². The smallest absolute Gasteiger partial charge is 0.462 e. The van der Waals surface area contributed by atoms with Crippen LogP contribution in [0.3, 0.4) is 0 Å². The summed E-state index contributed by atoms with van der Waals surface area (Å²) >= 11 is 4.83. The maximum Gasteiger partial charge on any atom is 0.481 e. The molecule has 0 aliphatic carbocycles. The van der Waals surface area contributed by atoms with Crippen LogP contribution in [0.2, 0.25) is 0 Å². The van der Waals surface area contributed by atoms with Crippen LogP contribution in [0.15, 0.2) is 12.7 Å². The van der Waals surface area contributed by atoms with Crippen LogP contribution in [0, 0.1) is 0 Å². The number of nitrogens with zero attached hydrogens (tertiary/aromatic N) is 4. The first-order valence-corrected chi connectivity index (χ1v) is 19.8. The molecular formula is C27H36FN5O19P2S. The number of alkyl halides is 1. The lowest BCUT2D eigenvalue weighted by molar-refractivity contribution is -0.301. The lowest BCUT2D eigenvalue weighted by Gasteiger charge is -2.45. The van der Waals surface area contributed by atoms with Crippen molar-refractivity contribution in [3.63, 3.8) is 0 Å². The number of halogens is 1. The van der Waals surface area contributed by atoms with Gasteiger partial charge >= 0.3 is 44.4 Å². The molecule has 2 aromatic heterocycles. The Morgan fingerprint density at radius 1 is 0.945 bits per heavy atom. The van der Waals surface area contributed by atoms with Gasteiger partial charge in [0.15, 0.2) is 48.3 Å². The van der Waals surface area contributed by atoms with Crippen molar-refractivity contribution in [2.75, 3.05) is 18.9 Å². The molecule has 2 aromatic rings. The molecule has 0 amide bonds. The van der Waals surface area contributed by atoms with Crippen molar-refractivity contribution in [3.8, 4) is 0 Å². The summed E-state index contributed by atoms with van der Waals surface area (Å²) in [6.07, 6.45) is -16.7. The molecule has 12 atom stereocenters. The van der Waals surface area contributed by atoms with Gasteiger partial charge in [0.25, 0.3) is 0 Å². The van der Waals surface area contributed by atoms with E-state index in [2.05, 4.69) is 15.0 Å². The maximum absolute atomic E-state index is 15.2. The second-order valence-electron chi connectivity index (χ2n) is 11.6. The molecule has 2 aliphatic heterocycles. The summed E-state index contributed by atoms with van der Waals surface area (Å²) in [7, 11) is -5.77. The number of aliphatic hydroxyl groups is 1. The molecule has 0 saturated carbocycles. The zero-order valence-electron chi connectivity index (χ0n) is 29.3. The van der Waals surface area contributed by atoms with Crippen LogP contribution in [-0.4, -0.2) is 133 Å². The van der Waals surface area contributed by atoms with Gasteiger partial charge in [-0.2, -0.15) is 0 Å². The van der Waals surface area contributed by atoms with Gasteiger partial charge in [0.05, 0.1) is 12.9 Å². The van der Waals surface area contributed by atoms with E-state index in [1.165, 1.54) is 0 Å². The van der Waals surface area contributed by atoms with E-state index in [0.717, 1.165) is 51.8 Å². The summed E-state index contributed by atoms with van der Waals surface area (Å²) in [6, 6.07) is 0. The standard InChI is InChI=1S/C27H36FN5O19P2S/c1-10(34)43-6-16(45-11(2)35)20-21(46-12(3)36)22(47-13(4)37)23(48-14(5)38)27(50-20)51-53(40,41)52-54(42,55)44-7-15-17(28)19(39)26(49-15)33-9-32-18-24(29)30-8-31-25(18)33/h8-9,15-17,19-23,26-27,39H,6-7H2,1-5H3,(H,40,41)(H,42,55)(H2,29,30,31)/t15-,16-,17+,19+,20?,21-,22?,23?,26-,27+,54?/m1/s1. The van der Waals surface area contributed by atoms with Crippen LogP contribution in [-0.2, 0) is 86.9 Å². The fourth-order valence-corrected chi connectivity index (χ4v) is 8.49. The highest BCUT2D eigenvalue weighted by molar-refractivity contribution is 8.08. The summed E-state index contributed by atoms with van der Waals surface area (Å²) < 4.78 is 81.6. The number of aliphatic hydroxyl groups excluding tert-OH is 1. The van der Waals surface area contributed by atoms with E-state index in [-0.39, 0.29) is 17.0 Å². The van der Waals surface area contributed by atoms with Gasteiger partial charge in [0.2, 0.25) is 6.29 Å². The number of phosphoric acid groups is 1. The fourth-order valence-electron chi connectivity index (χ4n) is 5.40. The van der Waals surface area contributed by atoms with E-state index in [1.807, 2.05) is 0 Å². The Kier molecular flexibility index (Phi) is 14.4. The molecule has 2 aliphatic rings. The Hall–Kier alpha value is -3.81. The third-order valence-electron chi connectivity index (χ3n) is 7.37. The molecule has 28 heteroatoms.